The van der Waals surface area contributed by atoms with Crippen LogP contribution in [0.4, 0.5) is 0 Å². The second-order valence-electron chi connectivity index (χ2n) is 5.53. The van der Waals surface area contributed by atoms with E-state index in [0.29, 0.717) is 12.5 Å². The van der Waals surface area contributed by atoms with Gasteiger partial charge in [-0.25, -0.2) is 4.98 Å². The van der Waals surface area contributed by atoms with Crippen LogP contribution in [0.3, 0.4) is 0 Å². The first kappa shape index (κ1) is 16.3. The Morgan fingerprint density at radius 1 is 1.29 bits per heavy atom. The van der Waals surface area contributed by atoms with E-state index in [-0.39, 0.29) is 0 Å². The van der Waals surface area contributed by atoms with Gasteiger partial charge in [0.25, 0.3) is 0 Å². The van der Waals surface area contributed by atoms with Crippen LogP contribution in [0, 0.1) is 6.92 Å². The van der Waals surface area contributed by atoms with Gasteiger partial charge in [-0.2, -0.15) is 0 Å². The lowest BCUT2D eigenvalue weighted by Crippen LogP contribution is -2.19. The maximum absolute atomic E-state index is 5.90. The molecule has 0 aliphatic carbocycles. The number of fused-ring (bicyclic) bond motifs is 1. The number of rotatable bonds is 8. The van der Waals surface area contributed by atoms with Crippen LogP contribution in [0.1, 0.15) is 11.4 Å². The lowest BCUT2D eigenvalue weighted by Gasteiger charge is -2.12. The van der Waals surface area contributed by atoms with Crippen LogP contribution in [0.5, 0.6) is 0 Å². The molecule has 0 unspecified atom stereocenters. The first-order valence-electron chi connectivity index (χ1n) is 7.36. The van der Waals surface area contributed by atoms with Crippen molar-refractivity contribution < 1.29 is 4.74 Å². The molecule has 0 saturated heterocycles. The van der Waals surface area contributed by atoms with Gasteiger partial charge in [0.2, 0.25) is 0 Å². The van der Waals surface area contributed by atoms with Gasteiger partial charge in [-0.15, -0.1) is 11.6 Å². The molecule has 4 nitrogen and oxygen atoms in total. The zero-order valence-corrected chi connectivity index (χ0v) is 13.9. The smallest absolute Gasteiger partial charge is 0.111 e. The largest absolute Gasteiger partial charge is 0.378 e. The minimum Gasteiger partial charge on any atom is -0.378 e. The van der Waals surface area contributed by atoms with Crippen molar-refractivity contribution in [1.82, 2.24) is 14.5 Å². The molecule has 0 bridgehead atoms. The van der Waals surface area contributed by atoms with Crippen molar-refractivity contribution >= 4 is 22.6 Å². The molecular formula is C16H24ClN3O. The number of hydrogen-bond acceptors (Lipinski definition) is 3. The SMILES string of the molecule is Cc1ccc2c(c1)nc(CCCl)n2CCOCCN(C)C. The Bertz CT molecular complexity index is 580. The van der Waals surface area contributed by atoms with Gasteiger partial charge in [-0.05, 0) is 38.7 Å². The van der Waals surface area contributed by atoms with Crippen LogP contribution in [-0.4, -0.2) is 54.2 Å². The minimum atomic E-state index is 0.587. The molecule has 2 rings (SSSR count). The average Bonchev–Trinajstić information content (AvgIpc) is 2.75. The highest BCUT2D eigenvalue weighted by atomic mass is 35.5. The Morgan fingerprint density at radius 3 is 2.81 bits per heavy atom. The predicted molar refractivity (Wildman–Crippen MR) is 88.3 cm³/mol. The molecule has 0 aliphatic rings. The van der Waals surface area contributed by atoms with Crippen molar-refractivity contribution in [3.8, 4) is 0 Å². The van der Waals surface area contributed by atoms with E-state index >= 15 is 0 Å². The van der Waals surface area contributed by atoms with Crippen LogP contribution >= 0.6 is 11.6 Å². The molecule has 2 aromatic rings. The van der Waals surface area contributed by atoms with E-state index in [0.717, 1.165) is 43.0 Å². The second-order valence-corrected chi connectivity index (χ2v) is 5.90. The van der Waals surface area contributed by atoms with Gasteiger partial charge in [0.05, 0.1) is 24.2 Å². The van der Waals surface area contributed by atoms with E-state index in [1.807, 2.05) is 14.1 Å². The molecule has 0 spiro atoms. The molecule has 1 heterocycles. The molecule has 0 radical (unpaired) electrons. The summed E-state index contributed by atoms with van der Waals surface area (Å²) in [5.41, 5.74) is 3.44. The van der Waals surface area contributed by atoms with Crippen molar-refractivity contribution in [1.29, 1.82) is 0 Å². The summed E-state index contributed by atoms with van der Waals surface area (Å²) in [6.45, 7) is 5.30. The molecule has 0 saturated carbocycles. The summed E-state index contributed by atoms with van der Waals surface area (Å²) in [5.74, 6) is 1.63. The van der Waals surface area contributed by atoms with Gasteiger partial charge in [0, 0.05) is 25.4 Å². The van der Waals surface area contributed by atoms with Gasteiger partial charge in [0.1, 0.15) is 5.82 Å². The molecule has 0 aliphatic heterocycles. The van der Waals surface area contributed by atoms with Crippen molar-refractivity contribution in [2.24, 2.45) is 0 Å². The van der Waals surface area contributed by atoms with Crippen molar-refractivity contribution in [2.45, 2.75) is 19.9 Å². The summed E-state index contributed by atoms with van der Waals surface area (Å²) >= 11 is 5.90. The van der Waals surface area contributed by atoms with Crippen LogP contribution in [0.25, 0.3) is 11.0 Å². The van der Waals surface area contributed by atoms with E-state index < -0.39 is 0 Å². The molecular weight excluding hydrogens is 286 g/mol. The van der Waals surface area contributed by atoms with Crippen LogP contribution < -0.4 is 0 Å². The summed E-state index contributed by atoms with van der Waals surface area (Å²) in [5, 5.41) is 0. The van der Waals surface area contributed by atoms with E-state index in [1.54, 1.807) is 0 Å². The van der Waals surface area contributed by atoms with Crippen LogP contribution in [0.15, 0.2) is 18.2 Å². The number of aromatic nitrogens is 2. The van der Waals surface area contributed by atoms with Gasteiger partial charge in [-0.1, -0.05) is 6.07 Å². The fourth-order valence-electron chi connectivity index (χ4n) is 2.32. The number of alkyl halides is 1. The zero-order chi connectivity index (χ0) is 15.2. The van der Waals surface area contributed by atoms with Crippen molar-refractivity contribution in [3.05, 3.63) is 29.6 Å². The predicted octanol–water partition coefficient (Wildman–Crippen LogP) is 2.70. The Hall–Kier alpha value is -1.10. The molecule has 0 amide bonds. The van der Waals surface area contributed by atoms with E-state index in [9.17, 15) is 0 Å². The molecule has 5 heteroatoms. The number of halogens is 1. The van der Waals surface area contributed by atoms with Crippen LogP contribution in [-0.2, 0) is 17.7 Å². The Kier molecular flexibility index (Phi) is 6.03. The number of benzene rings is 1. The average molecular weight is 310 g/mol. The Balaban J connectivity index is 2.07. The summed E-state index contributed by atoms with van der Waals surface area (Å²) in [6.07, 6.45) is 0.785. The van der Waals surface area contributed by atoms with Gasteiger partial charge in [0.15, 0.2) is 0 Å². The normalized spacial score (nSPS) is 11.7. The second kappa shape index (κ2) is 7.78. The summed E-state index contributed by atoms with van der Waals surface area (Å²) in [7, 11) is 4.10. The maximum Gasteiger partial charge on any atom is 0.111 e. The molecule has 0 atom stereocenters. The highest BCUT2D eigenvalue weighted by molar-refractivity contribution is 6.17. The minimum absolute atomic E-state index is 0.587. The monoisotopic (exact) mass is 309 g/mol. The van der Waals surface area contributed by atoms with Gasteiger partial charge < -0.3 is 14.2 Å². The summed E-state index contributed by atoms with van der Waals surface area (Å²) in [6, 6.07) is 6.38. The number of aryl methyl sites for hydroxylation is 2. The number of hydrogen-bond donors (Lipinski definition) is 0. The van der Waals surface area contributed by atoms with Gasteiger partial charge >= 0.3 is 0 Å². The van der Waals surface area contributed by atoms with E-state index in [4.69, 9.17) is 21.3 Å². The number of likely N-dealkylation sites (N-methyl/N-ethyl adjacent to an activating group) is 1. The summed E-state index contributed by atoms with van der Waals surface area (Å²) < 4.78 is 7.93. The lowest BCUT2D eigenvalue weighted by atomic mass is 10.2. The first-order valence-corrected chi connectivity index (χ1v) is 7.89. The zero-order valence-electron chi connectivity index (χ0n) is 13.1. The molecule has 0 fully saturated rings. The Labute approximate surface area is 131 Å². The summed E-state index contributed by atoms with van der Waals surface area (Å²) in [4.78, 5) is 6.82. The quantitative estimate of drug-likeness (QED) is 0.555. The number of ether oxygens (including phenoxy) is 1. The third-order valence-electron chi connectivity index (χ3n) is 3.44. The standard InChI is InChI=1S/C16H24ClN3O/c1-13-4-5-15-14(12-13)18-16(6-7-17)20(15)9-11-21-10-8-19(2)3/h4-5,12H,6-11H2,1-3H3. The third-order valence-corrected chi connectivity index (χ3v) is 3.63. The maximum atomic E-state index is 5.90. The number of nitrogens with zero attached hydrogens (tertiary/aromatic N) is 3. The van der Waals surface area contributed by atoms with Crippen molar-refractivity contribution in [3.63, 3.8) is 0 Å². The fourth-order valence-corrected chi connectivity index (χ4v) is 2.49. The first-order chi connectivity index (χ1) is 10.1. The lowest BCUT2D eigenvalue weighted by molar-refractivity contribution is 0.111. The van der Waals surface area contributed by atoms with E-state index in [2.05, 4.69) is 34.6 Å². The topological polar surface area (TPSA) is 30.3 Å². The molecule has 1 aromatic carbocycles. The highest BCUT2D eigenvalue weighted by Gasteiger charge is 2.10. The van der Waals surface area contributed by atoms with Gasteiger partial charge in [-0.3, -0.25) is 0 Å². The molecule has 1 aromatic heterocycles. The van der Waals surface area contributed by atoms with Crippen molar-refractivity contribution in [2.75, 3.05) is 39.7 Å². The molecule has 0 N–H and O–H groups in total. The highest BCUT2D eigenvalue weighted by Crippen LogP contribution is 2.18. The Morgan fingerprint density at radius 2 is 2.10 bits per heavy atom. The molecule has 21 heavy (non-hydrogen) atoms. The van der Waals surface area contributed by atoms with E-state index in [1.165, 1.54) is 5.56 Å². The van der Waals surface area contributed by atoms with Crippen LogP contribution in [0.2, 0.25) is 0 Å². The molecule has 116 valence electrons. The third kappa shape index (κ3) is 4.43. The number of imidazole rings is 1. The fraction of sp³-hybridized carbons (Fsp3) is 0.562.